The Balaban J connectivity index is 2.04. The SMILES string of the molecule is O=S(=O)([N-]S(=O)(=O)C(F)(F)F)OC1CC2CCC1O2. The van der Waals surface area contributed by atoms with Crippen LogP contribution in [0, 0.1) is 0 Å². The van der Waals surface area contributed by atoms with E-state index in [0.29, 0.717) is 12.8 Å². The standard InChI is InChI=1S/C7H9F3NO6S2/c8-7(9,10)18(12,13)11-19(14,15)17-6-3-4-1-2-5(6)16-4/h4-6H,1-3H2/q-1. The molecule has 3 atom stereocenters. The average molecular weight is 324 g/mol. The van der Waals surface area contributed by atoms with Crippen LogP contribution in [0.5, 0.6) is 0 Å². The van der Waals surface area contributed by atoms with E-state index < -0.39 is 38.0 Å². The molecule has 7 nitrogen and oxygen atoms in total. The number of halogens is 3. The number of hydrogen-bond donors (Lipinski definition) is 0. The van der Waals surface area contributed by atoms with Gasteiger partial charge in [-0.05, 0) is 12.8 Å². The van der Waals surface area contributed by atoms with Crippen molar-refractivity contribution in [2.24, 2.45) is 0 Å². The Morgan fingerprint density at radius 1 is 1.16 bits per heavy atom. The van der Waals surface area contributed by atoms with Crippen molar-refractivity contribution < 1.29 is 38.9 Å². The normalized spacial score (nSPS) is 31.8. The summed E-state index contributed by atoms with van der Waals surface area (Å²) in [6.45, 7) is 0. The molecular weight excluding hydrogens is 315 g/mol. The van der Waals surface area contributed by atoms with Crippen LogP contribution in [0.4, 0.5) is 13.2 Å². The summed E-state index contributed by atoms with van der Waals surface area (Å²) < 4.78 is 91.0. The summed E-state index contributed by atoms with van der Waals surface area (Å²) in [5.74, 6) is 0. The monoisotopic (exact) mass is 324 g/mol. The van der Waals surface area contributed by atoms with Crippen molar-refractivity contribution in [1.29, 1.82) is 0 Å². The van der Waals surface area contributed by atoms with E-state index in [4.69, 9.17) is 4.74 Å². The Hall–Kier alpha value is -0.430. The smallest absolute Gasteiger partial charge is 0.404 e. The van der Waals surface area contributed by atoms with E-state index in [0.717, 1.165) is 0 Å². The molecule has 2 saturated heterocycles. The van der Waals surface area contributed by atoms with E-state index in [-0.39, 0.29) is 12.5 Å². The maximum absolute atomic E-state index is 12.0. The molecule has 2 aliphatic rings. The second-order valence-corrected chi connectivity index (χ2v) is 7.22. The van der Waals surface area contributed by atoms with Gasteiger partial charge in [-0.25, -0.2) is 16.8 Å². The number of fused-ring (bicyclic) bond motifs is 2. The van der Waals surface area contributed by atoms with Gasteiger partial charge in [-0.1, -0.05) is 0 Å². The van der Waals surface area contributed by atoms with Gasteiger partial charge >= 0.3 is 5.51 Å². The van der Waals surface area contributed by atoms with Crippen LogP contribution in [0.2, 0.25) is 0 Å². The van der Waals surface area contributed by atoms with Crippen molar-refractivity contribution in [2.45, 2.75) is 43.1 Å². The number of sulfonamides is 1. The molecule has 0 spiro atoms. The summed E-state index contributed by atoms with van der Waals surface area (Å²) >= 11 is 0. The molecule has 0 aromatic heterocycles. The predicted octanol–water partition coefficient (Wildman–Crippen LogP) is 0.791. The maximum atomic E-state index is 12.0. The summed E-state index contributed by atoms with van der Waals surface area (Å²) in [5.41, 5.74) is -5.78. The molecule has 3 unspecified atom stereocenters. The van der Waals surface area contributed by atoms with Crippen LogP contribution >= 0.6 is 0 Å². The zero-order valence-electron chi connectivity index (χ0n) is 9.20. The van der Waals surface area contributed by atoms with E-state index >= 15 is 0 Å². The largest absolute Gasteiger partial charge is 0.480 e. The Bertz CT molecular complexity index is 556. The van der Waals surface area contributed by atoms with Crippen molar-refractivity contribution in [2.75, 3.05) is 0 Å². The third kappa shape index (κ3) is 3.18. The highest BCUT2D eigenvalue weighted by molar-refractivity contribution is 8.10. The minimum atomic E-state index is -6.14. The highest BCUT2D eigenvalue weighted by Gasteiger charge is 2.44. The van der Waals surface area contributed by atoms with Gasteiger partial charge in [-0.15, -0.1) is 0 Å². The molecule has 12 heteroatoms. The average Bonchev–Trinajstić information content (AvgIpc) is 2.73. The van der Waals surface area contributed by atoms with Crippen molar-refractivity contribution in [3.05, 3.63) is 4.13 Å². The van der Waals surface area contributed by atoms with E-state index in [1.165, 1.54) is 0 Å². The molecule has 0 saturated carbocycles. The molecule has 112 valence electrons. The topological polar surface area (TPSA) is 101 Å². The number of hydrogen-bond acceptors (Lipinski definition) is 6. The van der Waals surface area contributed by atoms with Crippen LogP contribution in [0.15, 0.2) is 0 Å². The number of nitrogens with zero attached hydrogens (tertiary/aromatic N) is 1. The molecule has 2 fully saturated rings. The first kappa shape index (κ1) is 15.0. The minimum Gasteiger partial charge on any atom is -0.404 e. The van der Waals surface area contributed by atoms with Gasteiger partial charge in [0.25, 0.3) is 0 Å². The van der Waals surface area contributed by atoms with Gasteiger partial charge < -0.3 is 8.86 Å². The van der Waals surface area contributed by atoms with Crippen LogP contribution in [-0.2, 0) is 29.2 Å². The lowest BCUT2D eigenvalue weighted by atomic mass is 9.98. The molecular formula is C7H9F3NO6S2-. The highest BCUT2D eigenvalue weighted by Crippen LogP contribution is 2.38. The Morgan fingerprint density at radius 3 is 2.21 bits per heavy atom. The van der Waals surface area contributed by atoms with Gasteiger partial charge in [0, 0.05) is 6.42 Å². The van der Waals surface area contributed by atoms with Gasteiger partial charge in [-0.2, -0.15) is 13.2 Å². The molecule has 0 radical (unpaired) electrons. The molecule has 0 aromatic carbocycles. The van der Waals surface area contributed by atoms with Gasteiger partial charge in [0.15, 0.2) is 10.0 Å². The second kappa shape index (κ2) is 4.55. The summed E-state index contributed by atoms with van der Waals surface area (Å²) in [7, 11) is -11.3. The van der Waals surface area contributed by atoms with Gasteiger partial charge in [0.05, 0.1) is 12.2 Å². The molecule has 0 aliphatic carbocycles. The van der Waals surface area contributed by atoms with Crippen molar-refractivity contribution in [3.63, 3.8) is 0 Å². The van der Waals surface area contributed by atoms with Gasteiger partial charge in [-0.3, -0.25) is 4.18 Å². The van der Waals surface area contributed by atoms with E-state index in [2.05, 4.69) is 4.18 Å². The Labute approximate surface area is 107 Å². The summed E-state index contributed by atoms with van der Waals surface area (Å²) in [5, 5.41) is 0. The van der Waals surface area contributed by atoms with Gasteiger partial charge in [0.2, 0.25) is 10.3 Å². The number of rotatable bonds is 4. The Morgan fingerprint density at radius 2 is 1.79 bits per heavy atom. The third-order valence-corrected chi connectivity index (χ3v) is 5.37. The summed E-state index contributed by atoms with van der Waals surface area (Å²) in [4.78, 5) is 0. The lowest BCUT2D eigenvalue weighted by Gasteiger charge is -2.26. The van der Waals surface area contributed by atoms with Crippen LogP contribution < -0.4 is 0 Å². The van der Waals surface area contributed by atoms with Crippen LogP contribution in [-0.4, -0.2) is 40.7 Å². The van der Waals surface area contributed by atoms with Crippen LogP contribution in [0.3, 0.4) is 0 Å². The molecule has 2 rings (SSSR count). The zero-order valence-corrected chi connectivity index (χ0v) is 10.8. The minimum absolute atomic E-state index is 0.186. The third-order valence-electron chi connectivity index (χ3n) is 2.78. The molecule has 0 N–H and O–H groups in total. The fraction of sp³-hybridized carbons (Fsp3) is 1.00. The second-order valence-electron chi connectivity index (χ2n) is 4.17. The molecule has 2 heterocycles. The fourth-order valence-corrected chi connectivity index (χ4v) is 3.98. The van der Waals surface area contributed by atoms with Crippen molar-refractivity contribution in [3.8, 4) is 0 Å². The summed E-state index contributed by atoms with van der Waals surface area (Å²) in [6.07, 6.45) is -0.339. The first-order chi connectivity index (χ1) is 8.50. The lowest BCUT2D eigenvalue weighted by Crippen LogP contribution is -2.30. The Kier molecular flexibility index (Phi) is 3.58. The van der Waals surface area contributed by atoms with Crippen molar-refractivity contribution >= 4 is 20.3 Å². The van der Waals surface area contributed by atoms with E-state index in [1.54, 1.807) is 4.13 Å². The first-order valence-electron chi connectivity index (χ1n) is 5.14. The van der Waals surface area contributed by atoms with Crippen LogP contribution in [0.25, 0.3) is 4.13 Å². The van der Waals surface area contributed by atoms with Crippen molar-refractivity contribution in [1.82, 2.24) is 0 Å². The molecule has 0 amide bonds. The molecule has 2 aliphatic heterocycles. The molecule has 19 heavy (non-hydrogen) atoms. The first-order valence-corrected chi connectivity index (χ1v) is 7.95. The highest BCUT2D eigenvalue weighted by atomic mass is 32.3. The summed E-state index contributed by atoms with van der Waals surface area (Å²) in [6, 6.07) is 0. The number of ether oxygens (including phenoxy) is 1. The number of alkyl halides is 3. The quantitative estimate of drug-likeness (QED) is 0.758. The fourth-order valence-electron chi connectivity index (χ4n) is 2.03. The maximum Gasteiger partial charge on any atom is 0.480 e. The van der Waals surface area contributed by atoms with E-state index in [1.807, 2.05) is 0 Å². The molecule has 0 aromatic rings. The predicted molar refractivity (Wildman–Crippen MR) is 54.6 cm³/mol. The van der Waals surface area contributed by atoms with Crippen LogP contribution in [0.1, 0.15) is 19.3 Å². The van der Waals surface area contributed by atoms with Gasteiger partial charge in [0.1, 0.15) is 6.10 Å². The zero-order chi connectivity index (χ0) is 14.5. The lowest BCUT2D eigenvalue weighted by molar-refractivity contribution is -0.0425. The molecule has 2 bridgehead atoms. The van der Waals surface area contributed by atoms with E-state index in [9.17, 15) is 30.0 Å².